The van der Waals surface area contributed by atoms with E-state index in [2.05, 4.69) is 30.0 Å². The second-order valence-corrected chi connectivity index (χ2v) is 7.75. The van der Waals surface area contributed by atoms with Gasteiger partial charge in [0.05, 0.1) is 6.04 Å². The number of aliphatic imine (C=N–C) groups is 1. The van der Waals surface area contributed by atoms with Crippen LogP contribution in [-0.4, -0.2) is 44.9 Å². The van der Waals surface area contributed by atoms with Gasteiger partial charge in [0.25, 0.3) is 0 Å². The summed E-state index contributed by atoms with van der Waals surface area (Å²) in [6.07, 6.45) is 1.89. The van der Waals surface area contributed by atoms with Gasteiger partial charge in [-0.1, -0.05) is 6.07 Å². The lowest BCUT2D eigenvalue weighted by Gasteiger charge is -2.27. The predicted octanol–water partition coefficient (Wildman–Crippen LogP) is 0.825. The Bertz CT molecular complexity index is 928. The third-order valence-corrected chi connectivity index (χ3v) is 4.53. The van der Waals surface area contributed by atoms with Crippen LogP contribution in [0.15, 0.2) is 27.8 Å². The first-order valence-electron chi connectivity index (χ1n) is 7.69. The van der Waals surface area contributed by atoms with E-state index < -0.39 is 9.92 Å². The van der Waals surface area contributed by atoms with Crippen molar-refractivity contribution >= 4 is 21.6 Å². The summed E-state index contributed by atoms with van der Waals surface area (Å²) >= 11 is 0. The molecule has 12 heteroatoms. The summed E-state index contributed by atoms with van der Waals surface area (Å²) < 4.78 is 39.1. The number of hydroxylamine groups is 1. The number of benzene rings is 1. The van der Waals surface area contributed by atoms with E-state index in [-0.39, 0.29) is 35.8 Å². The fourth-order valence-electron chi connectivity index (χ4n) is 2.55. The molecule has 2 aromatic rings. The number of fused-ring (bicyclic) bond motifs is 1. The number of hydrogen-bond acceptors (Lipinski definition) is 8. The maximum atomic E-state index is 13.4. The predicted molar refractivity (Wildman–Crippen MR) is 91.9 cm³/mol. The Morgan fingerprint density at radius 2 is 2.31 bits per heavy atom. The van der Waals surface area contributed by atoms with E-state index in [1.807, 2.05) is 5.48 Å². The lowest BCUT2D eigenvalue weighted by Crippen LogP contribution is -2.28. The highest BCUT2D eigenvalue weighted by Gasteiger charge is 2.28. The van der Waals surface area contributed by atoms with Crippen molar-refractivity contribution in [1.29, 1.82) is 4.78 Å². The van der Waals surface area contributed by atoms with Gasteiger partial charge in [0.2, 0.25) is 5.82 Å². The van der Waals surface area contributed by atoms with E-state index in [9.17, 15) is 13.8 Å². The summed E-state index contributed by atoms with van der Waals surface area (Å²) in [6, 6.07) is 4.21. The van der Waals surface area contributed by atoms with Crippen LogP contribution < -0.4 is 15.5 Å². The Balaban J connectivity index is 1.71. The molecule has 1 aliphatic rings. The molecule has 0 amide bonds. The van der Waals surface area contributed by atoms with Crippen LogP contribution in [0.2, 0.25) is 0 Å². The highest BCUT2D eigenvalue weighted by molar-refractivity contribution is 7.89. The van der Waals surface area contributed by atoms with Crippen LogP contribution >= 0.6 is 0 Å². The number of halogens is 1. The van der Waals surface area contributed by atoms with E-state index >= 15 is 0 Å². The monoisotopic (exact) mass is 383 g/mol. The zero-order valence-electron chi connectivity index (χ0n) is 13.8. The molecular formula is C14H18FN7O3S. The summed E-state index contributed by atoms with van der Waals surface area (Å²) in [5.41, 5.74) is 3.87. The van der Waals surface area contributed by atoms with Crippen LogP contribution in [0.1, 0.15) is 22.9 Å². The number of amidine groups is 1. The Kier molecular flexibility index (Phi) is 5.15. The Labute approximate surface area is 148 Å². The molecule has 0 bridgehead atoms. The molecule has 26 heavy (non-hydrogen) atoms. The first-order chi connectivity index (χ1) is 12.4. The standard InChI is InChI=1S/C14H18FN7O3S/c1-26(16,24)18-5-4-17-13-12(21-25-22-13)14(20-23)19-11-6-8-2-3-9(15)7-10(8)11/h2-3,7,11,23H,4-6H2,1H3,(H,17,22)(H,19,20)(H2,16,18,24)/t11-,26?/m0/s1. The van der Waals surface area contributed by atoms with Gasteiger partial charge >= 0.3 is 0 Å². The first-order valence-corrected chi connectivity index (χ1v) is 9.65. The summed E-state index contributed by atoms with van der Waals surface area (Å²) in [7, 11) is -2.80. The van der Waals surface area contributed by atoms with Gasteiger partial charge in [0, 0.05) is 19.3 Å². The van der Waals surface area contributed by atoms with Crippen molar-refractivity contribution in [3.63, 3.8) is 0 Å². The maximum absolute atomic E-state index is 13.4. The number of hydrogen-bond donors (Lipinski definition) is 5. The van der Waals surface area contributed by atoms with E-state index in [0.29, 0.717) is 13.0 Å². The van der Waals surface area contributed by atoms with Crippen LogP contribution in [0.3, 0.4) is 0 Å². The van der Waals surface area contributed by atoms with Crippen molar-refractivity contribution in [1.82, 2.24) is 20.5 Å². The normalized spacial score (nSPS) is 18.6. The van der Waals surface area contributed by atoms with Crippen LogP contribution in [0, 0.1) is 10.6 Å². The molecule has 0 aliphatic heterocycles. The topological polar surface area (TPSA) is 149 Å². The Hall–Kier alpha value is -2.57. The lowest BCUT2D eigenvalue weighted by molar-refractivity contribution is 0.232. The van der Waals surface area contributed by atoms with Gasteiger partial charge in [-0.3, -0.25) is 15.7 Å². The average molecular weight is 383 g/mol. The molecule has 1 aliphatic carbocycles. The molecule has 1 heterocycles. The van der Waals surface area contributed by atoms with Gasteiger partial charge < -0.3 is 5.32 Å². The molecule has 0 fully saturated rings. The van der Waals surface area contributed by atoms with Crippen LogP contribution in [0.5, 0.6) is 0 Å². The minimum atomic E-state index is -2.80. The average Bonchev–Trinajstić information content (AvgIpc) is 3.02. The molecule has 2 atom stereocenters. The molecule has 3 rings (SSSR count). The molecule has 0 spiro atoms. The maximum Gasteiger partial charge on any atom is 0.202 e. The van der Waals surface area contributed by atoms with E-state index in [1.54, 1.807) is 6.07 Å². The summed E-state index contributed by atoms with van der Waals surface area (Å²) in [5.74, 6) is -0.0955. The molecular weight excluding hydrogens is 365 g/mol. The van der Waals surface area contributed by atoms with E-state index in [4.69, 9.17) is 4.78 Å². The highest BCUT2D eigenvalue weighted by Crippen LogP contribution is 2.36. The molecule has 1 aromatic carbocycles. The minimum absolute atomic E-state index is 0.0291. The summed E-state index contributed by atoms with van der Waals surface area (Å²) in [6.45, 7) is 0.542. The summed E-state index contributed by atoms with van der Waals surface area (Å²) in [4.78, 5) is 4.35. The quantitative estimate of drug-likeness (QED) is 0.206. The number of nitrogens with one attached hydrogen (secondary N) is 4. The smallest absolute Gasteiger partial charge is 0.202 e. The SMILES string of the molecule is CS(=N)(=O)NCCNc1nonc1C(=N[C@H]1Cc2ccc(F)cc21)NO. The molecule has 0 radical (unpaired) electrons. The second kappa shape index (κ2) is 7.35. The molecule has 1 aromatic heterocycles. The van der Waals surface area contributed by atoms with Crippen molar-refractivity contribution in [3.05, 3.63) is 40.8 Å². The van der Waals surface area contributed by atoms with Gasteiger partial charge in [0.1, 0.15) is 15.7 Å². The number of nitrogens with zero attached hydrogens (tertiary/aromatic N) is 3. The number of aromatic nitrogens is 2. The Morgan fingerprint density at radius 3 is 3.04 bits per heavy atom. The van der Waals surface area contributed by atoms with Crippen molar-refractivity contribution in [2.24, 2.45) is 4.99 Å². The van der Waals surface area contributed by atoms with E-state index in [1.165, 1.54) is 18.4 Å². The number of rotatable bonds is 7. The van der Waals surface area contributed by atoms with Crippen molar-refractivity contribution in [2.75, 3.05) is 24.7 Å². The van der Waals surface area contributed by atoms with Gasteiger partial charge in [0.15, 0.2) is 11.5 Å². The minimum Gasteiger partial charge on any atom is -0.364 e. The first kappa shape index (κ1) is 18.2. The fraction of sp³-hybridized carbons (Fsp3) is 0.357. The molecule has 0 saturated carbocycles. The number of anilines is 1. The largest absolute Gasteiger partial charge is 0.364 e. The van der Waals surface area contributed by atoms with Gasteiger partial charge in [-0.15, -0.1) is 0 Å². The summed E-state index contributed by atoms with van der Waals surface area (Å²) in [5, 5.41) is 19.7. The van der Waals surface area contributed by atoms with Gasteiger partial charge in [-0.25, -0.2) is 22.7 Å². The van der Waals surface area contributed by atoms with Crippen LogP contribution in [0.4, 0.5) is 10.2 Å². The van der Waals surface area contributed by atoms with Crippen molar-refractivity contribution in [3.8, 4) is 0 Å². The third-order valence-electron chi connectivity index (χ3n) is 3.78. The van der Waals surface area contributed by atoms with Gasteiger partial charge in [-0.2, -0.15) is 0 Å². The van der Waals surface area contributed by atoms with Crippen molar-refractivity contribution < 1.29 is 18.4 Å². The zero-order chi connectivity index (χ0) is 18.7. The van der Waals surface area contributed by atoms with Crippen molar-refractivity contribution in [2.45, 2.75) is 12.5 Å². The zero-order valence-corrected chi connectivity index (χ0v) is 14.6. The molecule has 1 unspecified atom stereocenters. The molecule has 10 nitrogen and oxygen atoms in total. The second-order valence-electron chi connectivity index (χ2n) is 5.78. The van der Waals surface area contributed by atoms with E-state index in [0.717, 1.165) is 11.1 Å². The third kappa shape index (κ3) is 4.15. The molecule has 0 saturated heterocycles. The fourth-order valence-corrected chi connectivity index (χ4v) is 3.04. The van der Waals surface area contributed by atoms with Gasteiger partial charge in [-0.05, 0) is 40.0 Å². The Morgan fingerprint density at radius 1 is 1.50 bits per heavy atom. The highest BCUT2D eigenvalue weighted by atomic mass is 32.2. The lowest BCUT2D eigenvalue weighted by atomic mass is 9.83. The van der Waals surface area contributed by atoms with Crippen LogP contribution in [0.25, 0.3) is 0 Å². The van der Waals surface area contributed by atoms with Crippen LogP contribution in [-0.2, 0) is 16.3 Å². The molecule has 5 N–H and O–H groups in total. The molecule has 140 valence electrons.